The number of aromatic nitrogens is 5. The number of hydrogen-bond donors (Lipinski definition) is 2. The summed E-state index contributed by atoms with van der Waals surface area (Å²) in [5.41, 5.74) is 11.0. The number of nitrogens with zero attached hydrogens (tertiary/aromatic N) is 8. The molecule has 5 rings (SSSR count). The predicted octanol–water partition coefficient (Wildman–Crippen LogP) is 2.33. The van der Waals surface area contributed by atoms with Gasteiger partial charge < -0.3 is 10.5 Å². The van der Waals surface area contributed by atoms with Crippen LogP contribution in [0.25, 0.3) is 5.82 Å². The number of ether oxygens (including phenoxy) is 1. The lowest BCUT2D eigenvalue weighted by Gasteiger charge is -2.25. The number of aliphatic imine (C=N–C) groups is 1. The highest BCUT2D eigenvalue weighted by Crippen LogP contribution is 2.29. The van der Waals surface area contributed by atoms with Gasteiger partial charge in [0.25, 0.3) is 5.91 Å². The van der Waals surface area contributed by atoms with E-state index in [1.165, 1.54) is 11.1 Å². The molecule has 0 spiro atoms. The molecular weight excluding hydrogens is 528 g/mol. The van der Waals surface area contributed by atoms with Crippen molar-refractivity contribution in [2.24, 2.45) is 10.1 Å². The van der Waals surface area contributed by atoms with Crippen molar-refractivity contribution in [1.82, 2.24) is 35.6 Å². The van der Waals surface area contributed by atoms with E-state index in [-0.39, 0.29) is 17.3 Å². The van der Waals surface area contributed by atoms with Crippen molar-refractivity contribution in [3.8, 4) is 11.6 Å². The van der Waals surface area contributed by atoms with Crippen LogP contribution in [-0.4, -0.2) is 79.2 Å². The molecule has 1 saturated heterocycles. The molecule has 2 aromatic heterocycles. The third kappa shape index (κ3) is 6.16. The Labute approximate surface area is 227 Å². The maximum atomic E-state index is 13.3. The lowest BCUT2D eigenvalue weighted by molar-refractivity contribution is 0.0944. The van der Waals surface area contributed by atoms with E-state index in [0.717, 1.165) is 65.2 Å². The monoisotopic (exact) mass is 556 g/mol. The Kier molecular flexibility index (Phi) is 8.55. The van der Waals surface area contributed by atoms with Gasteiger partial charge in [-0.2, -0.15) is 9.78 Å². The van der Waals surface area contributed by atoms with Crippen molar-refractivity contribution < 1.29 is 14.2 Å². The second-order valence-electron chi connectivity index (χ2n) is 8.66. The zero-order valence-corrected chi connectivity index (χ0v) is 22.5. The average Bonchev–Trinajstić information content (AvgIpc) is 3.69. The fourth-order valence-corrected chi connectivity index (χ4v) is 6.20. The van der Waals surface area contributed by atoms with Gasteiger partial charge >= 0.3 is 0 Å². The molecule has 1 fully saturated rings. The minimum absolute atomic E-state index is 0.00238. The Bertz CT molecular complexity index is 1330. The van der Waals surface area contributed by atoms with Gasteiger partial charge in [0.1, 0.15) is 15.8 Å². The largest absolute Gasteiger partial charge is 0.496 e. The first-order valence-corrected chi connectivity index (χ1v) is 14.1. The van der Waals surface area contributed by atoms with Gasteiger partial charge in [0.2, 0.25) is 11.6 Å². The molecule has 2 aliphatic heterocycles. The summed E-state index contributed by atoms with van der Waals surface area (Å²) in [5.74, 6) is 2.14. The van der Waals surface area contributed by atoms with E-state index >= 15 is 0 Å². The molecule has 0 radical (unpaired) electrons. The highest BCUT2D eigenvalue weighted by atomic mass is 32.2. The molecule has 4 heterocycles. The van der Waals surface area contributed by atoms with Gasteiger partial charge in [-0.05, 0) is 60.0 Å². The van der Waals surface area contributed by atoms with Crippen LogP contribution >= 0.6 is 23.5 Å². The Morgan fingerprint density at radius 3 is 2.92 bits per heavy atom. The number of nitrogen functional groups attached to an aromatic ring is 1. The molecule has 0 aliphatic carbocycles. The number of nitrogens with two attached hydrogens (primary N) is 1. The van der Waals surface area contributed by atoms with Crippen LogP contribution < -0.4 is 15.9 Å². The third-order valence-corrected chi connectivity index (χ3v) is 8.37. The van der Waals surface area contributed by atoms with Crippen LogP contribution in [0.2, 0.25) is 0 Å². The number of hydrazone groups is 1. The van der Waals surface area contributed by atoms with Gasteiger partial charge in [-0.3, -0.25) is 14.7 Å². The molecule has 38 heavy (non-hydrogen) atoms. The van der Waals surface area contributed by atoms with E-state index in [2.05, 4.69) is 41.0 Å². The topological polar surface area (TPSA) is 162 Å². The summed E-state index contributed by atoms with van der Waals surface area (Å²) in [4.78, 5) is 20.0. The Morgan fingerprint density at radius 1 is 1.32 bits per heavy atom. The van der Waals surface area contributed by atoms with Crippen LogP contribution in [-0.2, 0) is 12.3 Å². The summed E-state index contributed by atoms with van der Waals surface area (Å²) in [6, 6.07) is 5.75. The summed E-state index contributed by atoms with van der Waals surface area (Å²) in [7, 11) is 1.65. The summed E-state index contributed by atoms with van der Waals surface area (Å²) < 4.78 is 12.6. The Balaban J connectivity index is 1.32. The first-order valence-electron chi connectivity index (χ1n) is 12.2. The first-order chi connectivity index (χ1) is 18.6. The summed E-state index contributed by atoms with van der Waals surface area (Å²) in [6.45, 7) is 3.21. The molecular formula is C23H28N10O3S2. The first kappa shape index (κ1) is 26.2. The van der Waals surface area contributed by atoms with Gasteiger partial charge in [0.05, 0.1) is 19.9 Å². The second kappa shape index (κ2) is 12.4. The number of thioether (sulfide) groups is 2. The molecule has 0 saturated carbocycles. The van der Waals surface area contributed by atoms with Gasteiger partial charge in [-0.25, -0.2) is 10.1 Å². The number of methoxy groups -OCH3 is 1. The number of benzene rings is 1. The van der Waals surface area contributed by atoms with Crippen LogP contribution in [0.5, 0.6) is 5.75 Å². The minimum Gasteiger partial charge on any atom is -0.496 e. The SMILES string of the molecule is COc1ccc(/C=N/NC(=O)c2c(CN3CCCCC3)nnn2-c2nonc2N)cc1CSC1=NCCS1. The Hall–Kier alpha value is -3.43. The van der Waals surface area contributed by atoms with E-state index in [4.69, 9.17) is 15.1 Å². The lowest BCUT2D eigenvalue weighted by atomic mass is 10.1. The van der Waals surface area contributed by atoms with Crippen molar-refractivity contribution >= 4 is 45.8 Å². The van der Waals surface area contributed by atoms with Gasteiger partial charge in [-0.15, -0.1) is 5.10 Å². The third-order valence-electron chi connectivity index (χ3n) is 6.07. The number of nitrogens with one attached hydrogen (secondary N) is 1. The Morgan fingerprint density at radius 2 is 2.18 bits per heavy atom. The molecule has 13 nitrogen and oxygen atoms in total. The molecule has 2 aliphatic rings. The predicted molar refractivity (Wildman–Crippen MR) is 147 cm³/mol. The summed E-state index contributed by atoms with van der Waals surface area (Å²) in [6.07, 6.45) is 4.99. The number of carbonyl (C=O) groups is 1. The summed E-state index contributed by atoms with van der Waals surface area (Å²) in [5, 5.41) is 19.9. The van der Waals surface area contributed by atoms with Crippen LogP contribution in [0.3, 0.4) is 0 Å². The molecule has 15 heteroatoms. The van der Waals surface area contributed by atoms with Crippen molar-refractivity contribution in [3.05, 3.63) is 40.7 Å². The van der Waals surface area contributed by atoms with Gasteiger partial charge in [0.15, 0.2) is 5.69 Å². The molecule has 1 aromatic carbocycles. The number of likely N-dealkylation sites (tertiary alicyclic amines) is 1. The van der Waals surface area contributed by atoms with E-state index in [1.807, 2.05) is 18.2 Å². The quantitative estimate of drug-likeness (QED) is 0.294. The van der Waals surface area contributed by atoms with Crippen LogP contribution in [0, 0.1) is 0 Å². The van der Waals surface area contributed by atoms with E-state index in [9.17, 15) is 4.79 Å². The van der Waals surface area contributed by atoms with Crippen molar-refractivity contribution in [3.63, 3.8) is 0 Å². The number of amides is 1. The second-order valence-corrected chi connectivity index (χ2v) is 11.0. The average molecular weight is 557 g/mol. The number of rotatable bonds is 9. The van der Waals surface area contributed by atoms with E-state index in [0.29, 0.717) is 12.2 Å². The fraction of sp³-hybridized carbons (Fsp3) is 0.435. The molecule has 1 amide bonds. The maximum absolute atomic E-state index is 13.3. The maximum Gasteiger partial charge on any atom is 0.292 e. The van der Waals surface area contributed by atoms with Crippen LogP contribution in [0.1, 0.15) is 46.6 Å². The molecule has 0 bridgehead atoms. The molecule has 0 atom stereocenters. The number of piperidine rings is 1. The van der Waals surface area contributed by atoms with Crippen molar-refractivity contribution in [1.29, 1.82) is 0 Å². The lowest BCUT2D eigenvalue weighted by Crippen LogP contribution is -2.31. The van der Waals surface area contributed by atoms with Crippen LogP contribution in [0.15, 0.2) is 32.9 Å². The highest BCUT2D eigenvalue weighted by molar-refractivity contribution is 8.38. The zero-order chi connectivity index (χ0) is 26.3. The number of carbonyl (C=O) groups excluding carboxylic acids is 1. The normalized spacial score (nSPS) is 16.2. The van der Waals surface area contributed by atoms with Crippen molar-refractivity contribution in [2.75, 3.05) is 38.2 Å². The van der Waals surface area contributed by atoms with E-state index < -0.39 is 5.91 Å². The smallest absolute Gasteiger partial charge is 0.292 e. The van der Waals surface area contributed by atoms with Gasteiger partial charge in [-0.1, -0.05) is 35.2 Å². The highest BCUT2D eigenvalue weighted by Gasteiger charge is 2.26. The summed E-state index contributed by atoms with van der Waals surface area (Å²) >= 11 is 3.46. The van der Waals surface area contributed by atoms with Crippen LogP contribution in [0.4, 0.5) is 5.82 Å². The van der Waals surface area contributed by atoms with Gasteiger partial charge in [0, 0.05) is 23.6 Å². The molecule has 3 aromatic rings. The minimum atomic E-state index is -0.499. The van der Waals surface area contributed by atoms with Crippen molar-refractivity contribution in [2.45, 2.75) is 31.6 Å². The number of hydrogen-bond acceptors (Lipinski definition) is 13. The fourth-order valence-electron chi connectivity index (χ4n) is 4.21. The number of anilines is 1. The molecule has 3 N–H and O–H groups in total. The zero-order valence-electron chi connectivity index (χ0n) is 20.9. The molecule has 200 valence electrons. The molecule has 0 unspecified atom stereocenters. The standard InChI is InChI=1S/C23H28N10O3S2/c1-35-18-6-5-15(11-16(18)14-38-23-25-7-10-37-23)12-26-28-22(34)19-17(13-32-8-3-2-4-9-32)27-31-33(19)21-20(24)29-36-30-21/h5-6,11-12H,2-4,7-10,13-14H2,1H3,(H2,24,29)(H,28,34)/b26-12+. The van der Waals surface area contributed by atoms with E-state index in [1.54, 1.807) is 36.8 Å².